The molecular weight excluding hydrogens is 348 g/mol. The van der Waals surface area contributed by atoms with Gasteiger partial charge in [0.05, 0.1) is 10.2 Å². The minimum Gasteiger partial charge on any atom is -0.396 e. The molecule has 1 unspecified atom stereocenters. The largest absolute Gasteiger partial charge is 0.396 e. The van der Waals surface area contributed by atoms with E-state index in [1.165, 1.54) is 18.5 Å². The van der Waals surface area contributed by atoms with Gasteiger partial charge in [0.1, 0.15) is 0 Å². The second-order valence-electron chi connectivity index (χ2n) is 7.23. The van der Waals surface area contributed by atoms with E-state index in [0.29, 0.717) is 11.8 Å². The highest BCUT2D eigenvalue weighted by Crippen LogP contribution is 2.40. The van der Waals surface area contributed by atoms with Crippen molar-refractivity contribution in [1.82, 2.24) is 20.2 Å². The average Bonchev–Trinajstić information content (AvgIpc) is 3.03. The SMILES string of the molecule is OCCC1CCN(c2nc(Nc3cc(C4CC4)[nH]n3)c3sccc3n2)C1. The van der Waals surface area contributed by atoms with Crippen LogP contribution in [0.5, 0.6) is 0 Å². The summed E-state index contributed by atoms with van der Waals surface area (Å²) in [4.78, 5) is 11.8. The zero-order valence-corrected chi connectivity index (χ0v) is 15.3. The summed E-state index contributed by atoms with van der Waals surface area (Å²) < 4.78 is 1.05. The summed E-state index contributed by atoms with van der Waals surface area (Å²) >= 11 is 1.64. The molecule has 2 aliphatic rings. The first-order chi connectivity index (χ1) is 12.8. The summed E-state index contributed by atoms with van der Waals surface area (Å²) in [5, 5.41) is 22.1. The molecule has 1 aliphatic heterocycles. The molecule has 2 fully saturated rings. The fourth-order valence-corrected chi connectivity index (χ4v) is 4.41. The zero-order chi connectivity index (χ0) is 17.5. The van der Waals surface area contributed by atoms with Crippen LogP contribution in [0.25, 0.3) is 10.2 Å². The molecule has 1 saturated heterocycles. The number of thiophene rings is 1. The summed E-state index contributed by atoms with van der Waals surface area (Å²) in [6.07, 6.45) is 4.43. The predicted octanol–water partition coefficient (Wildman–Crippen LogP) is 3.24. The van der Waals surface area contributed by atoms with Gasteiger partial charge in [-0.2, -0.15) is 10.1 Å². The van der Waals surface area contributed by atoms with Gasteiger partial charge in [0.25, 0.3) is 0 Å². The smallest absolute Gasteiger partial charge is 0.227 e. The monoisotopic (exact) mass is 370 g/mol. The van der Waals surface area contributed by atoms with Gasteiger partial charge in [0.15, 0.2) is 11.6 Å². The molecule has 3 aromatic heterocycles. The van der Waals surface area contributed by atoms with Crippen LogP contribution >= 0.6 is 11.3 Å². The van der Waals surface area contributed by atoms with E-state index in [-0.39, 0.29) is 6.61 Å². The molecule has 1 aliphatic carbocycles. The van der Waals surface area contributed by atoms with E-state index < -0.39 is 0 Å². The molecular formula is C18H22N6OS. The molecule has 0 amide bonds. The molecule has 0 aromatic carbocycles. The van der Waals surface area contributed by atoms with Crippen molar-refractivity contribution in [2.24, 2.45) is 5.92 Å². The van der Waals surface area contributed by atoms with Crippen molar-refractivity contribution in [2.75, 3.05) is 29.9 Å². The Morgan fingerprint density at radius 2 is 2.23 bits per heavy atom. The maximum Gasteiger partial charge on any atom is 0.227 e. The molecule has 26 heavy (non-hydrogen) atoms. The van der Waals surface area contributed by atoms with E-state index in [1.807, 2.05) is 11.4 Å². The van der Waals surface area contributed by atoms with Gasteiger partial charge in [-0.3, -0.25) is 5.10 Å². The highest BCUT2D eigenvalue weighted by atomic mass is 32.1. The number of H-pyrrole nitrogens is 1. The number of aromatic amines is 1. The van der Waals surface area contributed by atoms with E-state index in [2.05, 4.69) is 26.5 Å². The van der Waals surface area contributed by atoms with Crippen molar-refractivity contribution in [1.29, 1.82) is 0 Å². The standard InChI is InChI=1S/C18H22N6OS/c25-7-4-11-3-6-24(10-11)18-19-13-5-8-26-16(13)17(21-18)20-15-9-14(22-23-15)12-1-2-12/h5,8-9,11-12,25H,1-4,6-7,10H2,(H2,19,20,21,22,23). The number of aliphatic hydroxyl groups excluding tert-OH is 1. The first kappa shape index (κ1) is 16.0. The molecule has 4 heterocycles. The summed E-state index contributed by atoms with van der Waals surface area (Å²) in [5.41, 5.74) is 2.17. The van der Waals surface area contributed by atoms with E-state index in [9.17, 15) is 5.11 Å². The van der Waals surface area contributed by atoms with Gasteiger partial charge in [0.2, 0.25) is 5.95 Å². The molecule has 1 atom stereocenters. The number of hydrogen-bond acceptors (Lipinski definition) is 7. The van der Waals surface area contributed by atoms with Gasteiger partial charge in [-0.05, 0) is 43.0 Å². The molecule has 0 bridgehead atoms. The van der Waals surface area contributed by atoms with E-state index in [1.54, 1.807) is 11.3 Å². The van der Waals surface area contributed by atoms with Gasteiger partial charge < -0.3 is 15.3 Å². The van der Waals surface area contributed by atoms with Gasteiger partial charge >= 0.3 is 0 Å². The van der Waals surface area contributed by atoms with Crippen LogP contribution in [-0.4, -0.2) is 45.0 Å². The molecule has 1 saturated carbocycles. The van der Waals surface area contributed by atoms with Crippen molar-refractivity contribution in [3.63, 3.8) is 0 Å². The number of fused-ring (bicyclic) bond motifs is 1. The molecule has 7 nitrogen and oxygen atoms in total. The number of nitrogens with one attached hydrogen (secondary N) is 2. The highest BCUT2D eigenvalue weighted by molar-refractivity contribution is 7.17. The topological polar surface area (TPSA) is 90.0 Å². The number of anilines is 3. The maximum atomic E-state index is 9.18. The second-order valence-corrected chi connectivity index (χ2v) is 8.14. The Morgan fingerprint density at radius 3 is 3.08 bits per heavy atom. The summed E-state index contributed by atoms with van der Waals surface area (Å²) in [7, 11) is 0. The zero-order valence-electron chi connectivity index (χ0n) is 14.5. The number of hydrogen-bond donors (Lipinski definition) is 3. The number of aromatic nitrogens is 4. The van der Waals surface area contributed by atoms with Crippen molar-refractivity contribution >= 4 is 39.1 Å². The Bertz CT molecular complexity index is 917. The van der Waals surface area contributed by atoms with Crippen molar-refractivity contribution in [3.8, 4) is 0 Å². The molecule has 0 spiro atoms. The lowest BCUT2D eigenvalue weighted by atomic mass is 10.1. The lowest BCUT2D eigenvalue weighted by Gasteiger charge is -2.17. The fourth-order valence-electron chi connectivity index (χ4n) is 3.64. The third kappa shape index (κ3) is 3.03. The van der Waals surface area contributed by atoms with Crippen LogP contribution in [0.15, 0.2) is 17.5 Å². The number of aliphatic hydroxyl groups is 1. The van der Waals surface area contributed by atoms with Crippen LogP contribution < -0.4 is 10.2 Å². The van der Waals surface area contributed by atoms with Crippen LogP contribution in [0.2, 0.25) is 0 Å². The fraction of sp³-hybridized carbons (Fsp3) is 0.500. The highest BCUT2D eigenvalue weighted by Gasteiger charge is 2.27. The van der Waals surface area contributed by atoms with E-state index in [0.717, 1.165) is 53.7 Å². The van der Waals surface area contributed by atoms with Crippen molar-refractivity contribution in [2.45, 2.75) is 31.6 Å². The second kappa shape index (κ2) is 6.51. The molecule has 136 valence electrons. The van der Waals surface area contributed by atoms with Crippen LogP contribution in [0, 0.1) is 5.92 Å². The average molecular weight is 370 g/mol. The van der Waals surface area contributed by atoms with Gasteiger partial charge in [-0.1, -0.05) is 0 Å². The summed E-state index contributed by atoms with van der Waals surface area (Å²) in [5.74, 6) is 3.56. The van der Waals surface area contributed by atoms with Gasteiger partial charge in [-0.15, -0.1) is 11.3 Å². The summed E-state index contributed by atoms with van der Waals surface area (Å²) in [6.45, 7) is 2.09. The Kier molecular flexibility index (Phi) is 4.01. The van der Waals surface area contributed by atoms with Crippen LogP contribution in [0.3, 0.4) is 0 Å². The van der Waals surface area contributed by atoms with Crippen LogP contribution in [0.4, 0.5) is 17.6 Å². The number of nitrogens with zero attached hydrogens (tertiary/aromatic N) is 4. The van der Waals surface area contributed by atoms with E-state index >= 15 is 0 Å². The quantitative estimate of drug-likeness (QED) is 0.617. The molecule has 3 aromatic rings. The minimum absolute atomic E-state index is 0.248. The van der Waals surface area contributed by atoms with Crippen LogP contribution in [-0.2, 0) is 0 Å². The molecule has 5 rings (SSSR count). The van der Waals surface area contributed by atoms with Gasteiger partial charge in [0, 0.05) is 37.4 Å². The third-order valence-electron chi connectivity index (χ3n) is 5.26. The lowest BCUT2D eigenvalue weighted by molar-refractivity contribution is 0.263. The number of rotatable bonds is 6. The maximum absolute atomic E-state index is 9.18. The van der Waals surface area contributed by atoms with E-state index in [4.69, 9.17) is 9.97 Å². The molecule has 0 radical (unpaired) electrons. The Morgan fingerprint density at radius 1 is 1.31 bits per heavy atom. The normalized spacial score (nSPS) is 20.2. The summed E-state index contributed by atoms with van der Waals surface area (Å²) in [6, 6.07) is 4.13. The van der Waals surface area contributed by atoms with Crippen molar-refractivity contribution < 1.29 is 5.11 Å². The van der Waals surface area contributed by atoms with Crippen molar-refractivity contribution in [3.05, 3.63) is 23.2 Å². The Labute approximate surface area is 155 Å². The lowest BCUT2D eigenvalue weighted by Crippen LogP contribution is -2.22. The third-order valence-corrected chi connectivity index (χ3v) is 6.17. The molecule has 8 heteroatoms. The Balaban J connectivity index is 1.43. The van der Waals surface area contributed by atoms with Crippen LogP contribution in [0.1, 0.15) is 37.3 Å². The Hall–Kier alpha value is -2.19. The van der Waals surface area contributed by atoms with Gasteiger partial charge in [-0.25, -0.2) is 4.98 Å². The minimum atomic E-state index is 0.248. The predicted molar refractivity (Wildman–Crippen MR) is 103 cm³/mol. The first-order valence-corrected chi connectivity index (χ1v) is 10.1. The molecule has 3 N–H and O–H groups in total. The first-order valence-electron chi connectivity index (χ1n) is 9.23.